The fourth-order valence-electron chi connectivity index (χ4n) is 3.03. The summed E-state index contributed by atoms with van der Waals surface area (Å²) in [6, 6.07) is 12.0. The molecule has 31 heavy (non-hydrogen) atoms. The number of halogens is 2. The molecule has 0 aliphatic rings. The summed E-state index contributed by atoms with van der Waals surface area (Å²) in [5, 5.41) is 6.42. The van der Waals surface area contributed by atoms with E-state index >= 15 is 0 Å². The lowest BCUT2D eigenvalue weighted by Crippen LogP contribution is -2.43. The van der Waals surface area contributed by atoms with E-state index in [1.54, 1.807) is 14.2 Å². The Morgan fingerprint density at radius 3 is 2.45 bits per heavy atom. The number of nitrogens with one attached hydrogen (secondary N) is 2. The second kappa shape index (κ2) is 11.7. The van der Waals surface area contributed by atoms with E-state index in [4.69, 9.17) is 4.74 Å². The number of ether oxygens (including phenoxy) is 1. The summed E-state index contributed by atoms with van der Waals surface area (Å²) in [6.45, 7) is 5.07. The molecule has 2 aromatic rings. The maximum atomic E-state index is 13.7. The molecule has 0 spiro atoms. The molecule has 0 atom stereocenters. The molecule has 172 valence electrons. The maximum Gasteiger partial charge on any atom is 0.191 e. The number of hydrogen-bond donors (Lipinski definition) is 2. The van der Waals surface area contributed by atoms with E-state index in [0.29, 0.717) is 23.6 Å². The number of hydrogen-bond acceptors (Lipinski definition) is 4. The number of sulfone groups is 1. The van der Waals surface area contributed by atoms with Gasteiger partial charge in [-0.25, -0.2) is 12.8 Å². The van der Waals surface area contributed by atoms with E-state index in [2.05, 4.69) is 29.5 Å². The molecule has 0 aromatic heterocycles. The van der Waals surface area contributed by atoms with Gasteiger partial charge >= 0.3 is 0 Å². The quantitative estimate of drug-likeness (QED) is 0.292. The number of aliphatic imine (C=N–C) groups is 1. The first kappa shape index (κ1) is 27.2. The maximum absolute atomic E-state index is 13.7. The van der Waals surface area contributed by atoms with Crippen LogP contribution in [0.1, 0.15) is 30.5 Å². The summed E-state index contributed by atoms with van der Waals surface area (Å²) >= 11 is 0. The number of benzene rings is 2. The molecular formula is C22H31FIN3O3S. The van der Waals surface area contributed by atoms with Gasteiger partial charge in [-0.15, -0.1) is 24.0 Å². The molecule has 0 bridgehead atoms. The number of nitrogens with zero attached hydrogens (tertiary/aromatic N) is 1. The zero-order valence-corrected chi connectivity index (χ0v) is 21.7. The summed E-state index contributed by atoms with van der Waals surface area (Å²) in [7, 11) is 0.0602. The van der Waals surface area contributed by atoms with Crippen molar-refractivity contribution in [3.63, 3.8) is 0 Å². The lowest BCUT2D eigenvalue weighted by molar-refractivity contribution is 0.411. The van der Waals surface area contributed by atoms with Crippen LogP contribution in [0.15, 0.2) is 47.5 Å². The van der Waals surface area contributed by atoms with Crippen molar-refractivity contribution in [1.82, 2.24) is 10.6 Å². The van der Waals surface area contributed by atoms with Crippen LogP contribution in [0.2, 0.25) is 0 Å². The predicted octanol–water partition coefficient (Wildman–Crippen LogP) is 3.64. The molecule has 0 aliphatic carbocycles. The second-order valence-electron chi connectivity index (χ2n) is 7.88. The van der Waals surface area contributed by atoms with Crippen LogP contribution in [0.3, 0.4) is 0 Å². The fraction of sp³-hybridized carbons (Fsp3) is 0.409. The van der Waals surface area contributed by atoms with Crippen LogP contribution in [0.5, 0.6) is 5.75 Å². The second-order valence-corrected chi connectivity index (χ2v) is 10.0. The minimum Gasteiger partial charge on any atom is -0.497 e. The van der Waals surface area contributed by atoms with Crippen LogP contribution in [-0.2, 0) is 27.5 Å². The summed E-state index contributed by atoms with van der Waals surface area (Å²) in [6.07, 6.45) is 1.16. The Bertz CT molecular complexity index is 1010. The van der Waals surface area contributed by atoms with E-state index in [-0.39, 0.29) is 41.7 Å². The highest BCUT2D eigenvalue weighted by Crippen LogP contribution is 2.25. The van der Waals surface area contributed by atoms with Gasteiger partial charge in [-0.3, -0.25) is 4.99 Å². The highest BCUT2D eigenvalue weighted by molar-refractivity contribution is 14.0. The molecule has 0 saturated carbocycles. The normalized spacial score (nSPS) is 12.1. The Hall–Kier alpha value is -1.88. The molecule has 0 heterocycles. The van der Waals surface area contributed by atoms with Crippen LogP contribution >= 0.6 is 24.0 Å². The number of methoxy groups -OCH3 is 1. The first-order valence-electron chi connectivity index (χ1n) is 9.58. The van der Waals surface area contributed by atoms with E-state index in [9.17, 15) is 12.8 Å². The monoisotopic (exact) mass is 563 g/mol. The van der Waals surface area contributed by atoms with Crippen molar-refractivity contribution in [2.24, 2.45) is 4.99 Å². The van der Waals surface area contributed by atoms with E-state index in [1.165, 1.54) is 18.2 Å². The first-order valence-corrected chi connectivity index (χ1v) is 11.6. The van der Waals surface area contributed by atoms with Gasteiger partial charge in [0.2, 0.25) is 0 Å². The predicted molar refractivity (Wildman–Crippen MR) is 135 cm³/mol. The van der Waals surface area contributed by atoms with Gasteiger partial charge in [0.1, 0.15) is 11.6 Å². The molecule has 6 nitrogen and oxygen atoms in total. The van der Waals surface area contributed by atoms with E-state index < -0.39 is 15.7 Å². The topological polar surface area (TPSA) is 79.8 Å². The van der Waals surface area contributed by atoms with Gasteiger partial charge < -0.3 is 15.4 Å². The highest BCUT2D eigenvalue weighted by Gasteiger charge is 2.21. The van der Waals surface area contributed by atoms with Crippen molar-refractivity contribution < 1.29 is 17.5 Å². The van der Waals surface area contributed by atoms with Crippen molar-refractivity contribution >= 4 is 39.8 Å². The van der Waals surface area contributed by atoms with Crippen molar-refractivity contribution in [3.05, 3.63) is 65.0 Å². The highest BCUT2D eigenvalue weighted by atomic mass is 127. The molecule has 2 N–H and O–H groups in total. The Kier molecular flexibility index (Phi) is 10.2. The molecule has 2 aromatic carbocycles. The van der Waals surface area contributed by atoms with Gasteiger partial charge in [0, 0.05) is 31.8 Å². The third-order valence-corrected chi connectivity index (χ3v) is 5.64. The average molecular weight is 563 g/mol. The molecule has 0 amide bonds. The summed E-state index contributed by atoms with van der Waals surface area (Å²) < 4.78 is 42.3. The van der Waals surface area contributed by atoms with Crippen molar-refractivity contribution in [2.75, 3.05) is 27.0 Å². The molecule has 0 aliphatic heterocycles. The number of rotatable bonds is 8. The molecule has 0 saturated heterocycles. The van der Waals surface area contributed by atoms with Crippen molar-refractivity contribution in [3.8, 4) is 5.75 Å². The molecule has 0 radical (unpaired) electrons. The molecular weight excluding hydrogens is 532 g/mol. The third kappa shape index (κ3) is 8.64. The van der Waals surface area contributed by atoms with Crippen LogP contribution in [0.25, 0.3) is 0 Å². The largest absolute Gasteiger partial charge is 0.497 e. The Balaban J connectivity index is 0.00000480. The molecule has 0 fully saturated rings. The van der Waals surface area contributed by atoms with Crippen LogP contribution in [0.4, 0.5) is 4.39 Å². The fourth-order valence-corrected chi connectivity index (χ4v) is 3.88. The van der Waals surface area contributed by atoms with E-state index in [0.717, 1.165) is 17.6 Å². The van der Waals surface area contributed by atoms with Crippen LogP contribution < -0.4 is 15.4 Å². The minimum absolute atomic E-state index is 0. The average Bonchev–Trinajstić information content (AvgIpc) is 2.69. The first-order chi connectivity index (χ1) is 14.0. The van der Waals surface area contributed by atoms with Gasteiger partial charge in [-0.1, -0.05) is 32.0 Å². The Morgan fingerprint density at radius 2 is 1.84 bits per heavy atom. The van der Waals surface area contributed by atoms with Gasteiger partial charge in [0.15, 0.2) is 15.8 Å². The van der Waals surface area contributed by atoms with Gasteiger partial charge in [-0.05, 0) is 41.0 Å². The van der Waals surface area contributed by atoms with Crippen LogP contribution in [-0.4, -0.2) is 41.3 Å². The van der Waals surface area contributed by atoms with Gasteiger partial charge in [0.25, 0.3) is 0 Å². The zero-order chi connectivity index (χ0) is 22.4. The smallest absolute Gasteiger partial charge is 0.191 e. The molecule has 2 rings (SSSR count). The minimum atomic E-state index is -3.23. The Morgan fingerprint density at radius 1 is 1.13 bits per heavy atom. The van der Waals surface area contributed by atoms with E-state index in [1.807, 2.05) is 24.3 Å². The van der Waals surface area contributed by atoms with Gasteiger partial charge in [0.05, 0.1) is 12.9 Å². The summed E-state index contributed by atoms with van der Waals surface area (Å²) in [5.41, 5.74) is 2.06. The van der Waals surface area contributed by atoms with Gasteiger partial charge in [-0.2, -0.15) is 0 Å². The summed E-state index contributed by atoms with van der Waals surface area (Å²) in [5.74, 6) is 0.790. The Labute approximate surface area is 201 Å². The summed E-state index contributed by atoms with van der Waals surface area (Å²) in [4.78, 5) is 4.22. The molecule has 9 heteroatoms. The van der Waals surface area contributed by atoms with Crippen molar-refractivity contribution in [1.29, 1.82) is 0 Å². The number of guanidine groups is 1. The standard InChI is InChI=1S/C22H30FN3O3S.HI/c1-22(2,18-7-6-8-20(12-18)29-4)15-26-21(24-3)25-13-17-11-19(23)10-9-16(17)14-30(5,27)28;/h6-12H,13-15H2,1-5H3,(H2,24,25,26);1H. The van der Waals surface area contributed by atoms with Crippen molar-refractivity contribution in [2.45, 2.75) is 31.6 Å². The molecule has 0 unspecified atom stereocenters. The lowest BCUT2D eigenvalue weighted by Gasteiger charge is -2.27. The zero-order valence-electron chi connectivity index (χ0n) is 18.5. The SMILES string of the molecule is CN=C(NCc1cc(F)ccc1CS(C)(=O)=O)NCC(C)(C)c1cccc(OC)c1.I. The third-order valence-electron chi connectivity index (χ3n) is 4.80. The lowest BCUT2D eigenvalue weighted by atomic mass is 9.84. The van der Waals surface area contributed by atoms with Crippen LogP contribution in [0, 0.1) is 5.82 Å².